The van der Waals surface area contributed by atoms with Crippen molar-refractivity contribution in [1.29, 1.82) is 0 Å². The summed E-state index contributed by atoms with van der Waals surface area (Å²) in [7, 11) is 0. The van der Waals surface area contributed by atoms with Gasteiger partial charge in [0.05, 0.1) is 6.61 Å². The minimum Gasteiger partial charge on any atom is -0.370 e. The van der Waals surface area contributed by atoms with E-state index in [1.54, 1.807) is 0 Å². The van der Waals surface area contributed by atoms with Crippen molar-refractivity contribution in [3.8, 4) is 0 Å². The van der Waals surface area contributed by atoms with Crippen molar-refractivity contribution in [3.63, 3.8) is 0 Å². The largest absolute Gasteiger partial charge is 0.370 e. The van der Waals surface area contributed by atoms with Gasteiger partial charge in [-0.25, -0.2) is 8.78 Å². The third kappa shape index (κ3) is 3.63. The lowest BCUT2D eigenvalue weighted by molar-refractivity contribution is -0.120. The molecule has 0 bridgehead atoms. The number of hydrogen-bond acceptors (Lipinski definition) is 4. The Kier molecular flexibility index (Phi) is 5.22. The fraction of sp³-hybridized carbons (Fsp3) is 0.706. The van der Waals surface area contributed by atoms with Gasteiger partial charge in [0.1, 0.15) is 5.60 Å². The number of nitrogens with two attached hydrogens (primary N) is 1. The molecule has 1 saturated heterocycles. The summed E-state index contributed by atoms with van der Waals surface area (Å²) in [6.07, 6.45) is 0.341. The molecule has 1 fully saturated rings. The molecule has 4 nitrogen and oxygen atoms in total. The molecule has 1 amide bonds. The lowest BCUT2D eigenvalue weighted by Crippen LogP contribution is -2.50. The number of alkyl halides is 2. The van der Waals surface area contributed by atoms with Gasteiger partial charge in [0.15, 0.2) is 0 Å². The number of carbonyl (C=O) groups excluding carboxylic acids is 1. The molecule has 0 saturated carbocycles. The lowest BCUT2D eigenvalue weighted by Gasteiger charge is -2.47. The highest BCUT2D eigenvalue weighted by atomic mass is 32.1. The Morgan fingerprint density at radius 3 is 3.04 bits per heavy atom. The van der Waals surface area contributed by atoms with Crippen LogP contribution in [-0.4, -0.2) is 43.0 Å². The summed E-state index contributed by atoms with van der Waals surface area (Å²) in [5.41, 5.74) is 6.08. The van der Waals surface area contributed by atoms with E-state index in [9.17, 15) is 13.6 Å². The van der Waals surface area contributed by atoms with Gasteiger partial charge in [-0.05, 0) is 37.8 Å². The van der Waals surface area contributed by atoms with E-state index in [1.807, 2.05) is 6.07 Å². The van der Waals surface area contributed by atoms with E-state index in [0.29, 0.717) is 19.6 Å². The number of hydrogen-bond donors (Lipinski definition) is 1. The number of carbonyl (C=O) groups is 1. The van der Waals surface area contributed by atoms with Crippen LogP contribution in [0.3, 0.4) is 0 Å². The van der Waals surface area contributed by atoms with E-state index >= 15 is 0 Å². The van der Waals surface area contributed by atoms with Crippen LogP contribution in [-0.2, 0) is 28.0 Å². The average Bonchev–Trinajstić information content (AvgIpc) is 2.89. The molecule has 0 aliphatic carbocycles. The van der Waals surface area contributed by atoms with Gasteiger partial charge in [0, 0.05) is 41.7 Å². The summed E-state index contributed by atoms with van der Waals surface area (Å²) in [6, 6.07) is 2.21. The molecule has 2 aliphatic rings. The van der Waals surface area contributed by atoms with Crippen molar-refractivity contribution in [3.05, 3.63) is 21.4 Å². The standard InChI is InChI=1S/C17H24F2N2O2S/c1-11-10-17(4-6-21(11)5-2-15(20)22)16-12(3-7-23-17)8-13(24-16)9-14(18)19/h8,11,14H,2-7,9-10H2,1H3,(H2,20,22)/t11-,17+/m0/s1. The number of thiophene rings is 1. The van der Waals surface area contributed by atoms with Crippen LogP contribution in [0.2, 0.25) is 0 Å². The third-order valence-corrected chi connectivity index (χ3v) is 6.46. The topological polar surface area (TPSA) is 55.6 Å². The van der Waals surface area contributed by atoms with Crippen molar-refractivity contribution in [2.75, 3.05) is 19.7 Å². The van der Waals surface area contributed by atoms with E-state index in [4.69, 9.17) is 10.5 Å². The molecule has 0 radical (unpaired) electrons. The molecule has 3 heterocycles. The SMILES string of the molecule is C[C@H]1C[C@@]2(CCN1CCC(N)=O)OCCc1cc(CC(F)F)sc12. The number of likely N-dealkylation sites (tertiary alicyclic amines) is 1. The zero-order valence-corrected chi connectivity index (χ0v) is 14.7. The maximum absolute atomic E-state index is 12.7. The molecule has 3 rings (SSSR count). The van der Waals surface area contributed by atoms with Crippen LogP contribution < -0.4 is 5.73 Å². The van der Waals surface area contributed by atoms with Gasteiger partial charge in [-0.3, -0.25) is 9.69 Å². The summed E-state index contributed by atoms with van der Waals surface area (Å²) in [6.45, 7) is 4.27. The summed E-state index contributed by atoms with van der Waals surface area (Å²) in [5, 5.41) is 0. The first-order chi connectivity index (χ1) is 11.4. The van der Waals surface area contributed by atoms with Crippen LogP contribution in [0.25, 0.3) is 0 Å². The maximum Gasteiger partial charge on any atom is 0.243 e. The van der Waals surface area contributed by atoms with E-state index in [0.717, 1.165) is 35.6 Å². The third-order valence-electron chi connectivity index (χ3n) is 5.08. The van der Waals surface area contributed by atoms with E-state index in [2.05, 4.69) is 11.8 Å². The van der Waals surface area contributed by atoms with Gasteiger partial charge in [-0.2, -0.15) is 0 Å². The van der Waals surface area contributed by atoms with Crippen LogP contribution in [0.5, 0.6) is 0 Å². The summed E-state index contributed by atoms with van der Waals surface area (Å²) in [5.74, 6) is -0.284. The maximum atomic E-state index is 12.7. The highest BCUT2D eigenvalue weighted by molar-refractivity contribution is 7.12. The number of piperidine rings is 1. The predicted octanol–water partition coefficient (Wildman–Crippen LogP) is 2.68. The van der Waals surface area contributed by atoms with Crippen molar-refractivity contribution >= 4 is 17.2 Å². The Morgan fingerprint density at radius 1 is 1.58 bits per heavy atom. The predicted molar refractivity (Wildman–Crippen MR) is 89.4 cm³/mol. The monoisotopic (exact) mass is 358 g/mol. The van der Waals surface area contributed by atoms with Crippen LogP contribution in [0.15, 0.2) is 6.07 Å². The second-order valence-corrected chi connectivity index (χ2v) is 7.95. The number of nitrogens with zero attached hydrogens (tertiary/aromatic N) is 1. The molecule has 7 heteroatoms. The Balaban J connectivity index is 1.76. The fourth-order valence-electron chi connectivity index (χ4n) is 3.91. The van der Waals surface area contributed by atoms with Crippen LogP contribution in [0.1, 0.15) is 41.5 Å². The second kappa shape index (κ2) is 7.06. The summed E-state index contributed by atoms with van der Waals surface area (Å²) < 4.78 is 31.6. The van der Waals surface area contributed by atoms with Gasteiger partial charge >= 0.3 is 0 Å². The highest BCUT2D eigenvalue weighted by Gasteiger charge is 2.44. The number of fused-ring (bicyclic) bond motifs is 2. The van der Waals surface area contributed by atoms with Crippen LogP contribution >= 0.6 is 11.3 Å². The van der Waals surface area contributed by atoms with Crippen molar-refractivity contribution in [2.45, 2.75) is 57.1 Å². The Morgan fingerprint density at radius 2 is 2.38 bits per heavy atom. The molecule has 134 valence electrons. The fourth-order valence-corrected chi connectivity index (χ4v) is 5.30. The number of amides is 1. The quantitative estimate of drug-likeness (QED) is 0.880. The first-order valence-corrected chi connectivity index (χ1v) is 9.28. The second-order valence-electron chi connectivity index (χ2n) is 6.81. The minimum atomic E-state index is -2.31. The molecule has 0 aromatic carbocycles. The molecule has 1 spiro atoms. The van der Waals surface area contributed by atoms with Gasteiger partial charge in [0.25, 0.3) is 0 Å². The minimum absolute atomic E-state index is 0.173. The van der Waals surface area contributed by atoms with Crippen LogP contribution in [0, 0.1) is 0 Å². The average molecular weight is 358 g/mol. The van der Waals surface area contributed by atoms with E-state index in [-0.39, 0.29) is 24.0 Å². The smallest absolute Gasteiger partial charge is 0.243 e. The van der Waals surface area contributed by atoms with Gasteiger partial charge in [-0.15, -0.1) is 11.3 Å². The molecule has 2 aliphatic heterocycles. The first kappa shape index (κ1) is 17.8. The van der Waals surface area contributed by atoms with Crippen molar-refractivity contribution in [2.24, 2.45) is 5.73 Å². The molecular weight excluding hydrogens is 334 g/mol. The normalized spacial score (nSPS) is 27.6. The Labute approximate surface area is 145 Å². The molecule has 1 aromatic rings. The zero-order valence-electron chi connectivity index (χ0n) is 13.9. The molecule has 2 N–H and O–H groups in total. The number of ether oxygens (including phenoxy) is 1. The van der Waals surface area contributed by atoms with Crippen molar-refractivity contribution in [1.82, 2.24) is 4.90 Å². The number of primary amides is 1. The molecule has 1 aromatic heterocycles. The molecule has 0 unspecified atom stereocenters. The molecule has 24 heavy (non-hydrogen) atoms. The van der Waals surface area contributed by atoms with Gasteiger partial charge in [0.2, 0.25) is 12.3 Å². The summed E-state index contributed by atoms with van der Waals surface area (Å²) >= 11 is 1.49. The Bertz CT molecular complexity index is 607. The first-order valence-electron chi connectivity index (χ1n) is 8.46. The number of halogens is 2. The lowest BCUT2D eigenvalue weighted by atomic mass is 9.82. The van der Waals surface area contributed by atoms with Crippen LogP contribution in [0.4, 0.5) is 8.78 Å². The summed E-state index contributed by atoms with van der Waals surface area (Å²) in [4.78, 5) is 15.2. The number of rotatable bonds is 5. The van der Waals surface area contributed by atoms with Gasteiger partial charge in [-0.1, -0.05) is 0 Å². The molecule has 2 atom stereocenters. The van der Waals surface area contributed by atoms with E-state index < -0.39 is 6.43 Å². The zero-order chi connectivity index (χ0) is 17.3. The highest BCUT2D eigenvalue weighted by Crippen LogP contribution is 2.47. The Hall–Kier alpha value is -1.05. The van der Waals surface area contributed by atoms with E-state index in [1.165, 1.54) is 16.9 Å². The van der Waals surface area contributed by atoms with Crippen molar-refractivity contribution < 1.29 is 18.3 Å². The molecular formula is C17H24F2N2O2S. The van der Waals surface area contributed by atoms with Gasteiger partial charge < -0.3 is 10.5 Å².